The zero-order valence-electron chi connectivity index (χ0n) is 12.3. The fourth-order valence-electron chi connectivity index (χ4n) is 4.90. The number of hydrogen-bond acceptors (Lipinski definition) is 6. The van der Waals surface area contributed by atoms with Crippen LogP contribution in [0.2, 0.25) is 0 Å². The van der Waals surface area contributed by atoms with Crippen LogP contribution < -0.4 is 0 Å². The summed E-state index contributed by atoms with van der Waals surface area (Å²) in [6.07, 6.45) is 4.15. The Kier molecular flexibility index (Phi) is 3.13. The molecular weight excluding hydrogens is 276 g/mol. The number of ether oxygens (including phenoxy) is 3. The van der Waals surface area contributed by atoms with E-state index >= 15 is 0 Å². The van der Waals surface area contributed by atoms with Crippen LogP contribution in [-0.4, -0.2) is 44.1 Å². The van der Waals surface area contributed by atoms with Crippen molar-refractivity contribution < 1.29 is 28.6 Å². The van der Waals surface area contributed by atoms with E-state index in [1.807, 2.05) is 0 Å². The first-order chi connectivity index (χ1) is 10.0. The van der Waals surface area contributed by atoms with E-state index < -0.39 is 28.4 Å². The lowest BCUT2D eigenvalue weighted by Gasteiger charge is -2.48. The van der Waals surface area contributed by atoms with Crippen molar-refractivity contribution in [1.29, 1.82) is 0 Å². The molecule has 6 heteroatoms. The van der Waals surface area contributed by atoms with E-state index in [1.165, 1.54) is 14.2 Å². The summed E-state index contributed by atoms with van der Waals surface area (Å²) in [6, 6.07) is 0. The molecule has 0 amide bonds. The van der Waals surface area contributed by atoms with Gasteiger partial charge in [0.2, 0.25) is 0 Å². The normalized spacial score (nSPS) is 39.4. The average molecular weight is 296 g/mol. The summed E-state index contributed by atoms with van der Waals surface area (Å²) in [6.45, 7) is 0. The molecule has 1 aliphatic carbocycles. The molecule has 3 fully saturated rings. The molecule has 0 radical (unpaired) electrons. The van der Waals surface area contributed by atoms with Gasteiger partial charge in [0.05, 0.1) is 25.7 Å². The first-order valence-electron chi connectivity index (χ1n) is 7.33. The van der Waals surface area contributed by atoms with Gasteiger partial charge in [-0.15, -0.1) is 0 Å². The summed E-state index contributed by atoms with van der Waals surface area (Å²) in [7, 11) is 2.51. The van der Waals surface area contributed by atoms with Crippen LogP contribution in [0.25, 0.3) is 0 Å². The fourth-order valence-corrected chi connectivity index (χ4v) is 4.90. The predicted molar refractivity (Wildman–Crippen MR) is 70.3 cm³/mol. The predicted octanol–water partition coefficient (Wildman–Crippen LogP) is 1.01. The second-order valence-corrected chi connectivity index (χ2v) is 6.33. The van der Waals surface area contributed by atoms with E-state index in [0.29, 0.717) is 25.7 Å². The van der Waals surface area contributed by atoms with Crippen LogP contribution in [-0.2, 0) is 28.6 Å². The molecule has 3 unspecified atom stereocenters. The summed E-state index contributed by atoms with van der Waals surface area (Å²) in [5.74, 6) is -1.29. The van der Waals surface area contributed by atoms with E-state index in [-0.39, 0.29) is 12.5 Å². The van der Waals surface area contributed by atoms with Crippen LogP contribution in [0, 0.1) is 10.8 Å². The quantitative estimate of drug-likeness (QED) is 0.439. The summed E-state index contributed by atoms with van der Waals surface area (Å²) < 4.78 is 16.0. The third kappa shape index (κ3) is 1.44. The summed E-state index contributed by atoms with van der Waals surface area (Å²) >= 11 is 0. The van der Waals surface area contributed by atoms with E-state index in [0.717, 1.165) is 12.7 Å². The van der Waals surface area contributed by atoms with Crippen LogP contribution in [0.3, 0.4) is 0 Å². The number of methoxy groups -OCH3 is 2. The largest absolute Gasteiger partial charge is 0.468 e. The molecular formula is C15H20O6. The van der Waals surface area contributed by atoms with Crippen LogP contribution in [0.1, 0.15) is 38.5 Å². The van der Waals surface area contributed by atoms with E-state index in [2.05, 4.69) is 0 Å². The van der Waals surface area contributed by atoms with Crippen LogP contribution in [0.4, 0.5) is 0 Å². The van der Waals surface area contributed by atoms with Crippen molar-refractivity contribution in [2.75, 3.05) is 14.2 Å². The Bertz CT molecular complexity index is 484. The van der Waals surface area contributed by atoms with Gasteiger partial charge in [0.15, 0.2) is 5.41 Å². The maximum Gasteiger partial charge on any atom is 0.326 e. The van der Waals surface area contributed by atoms with Crippen molar-refractivity contribution in [3.8, 4) is 0 Å². The molecule has 2 bridgehead atoms. The molecule has 3 rings (SSSR count). The topological polar surface area (TPSA) is 78.9 Å². The SMILES string of the molecule is COC(=O)C1(C(=O)OC)CC2CCC3(C=O)CCCC31O2. The molecule has 2 saturated heterocycles. The number of carbonyl (C=O) groups excluding carboxylic acids is 3. The molecule has 1 spiro atoms. The lowest BCUT2D eigenvalue weighted by atomic mass is 9.59. The van der Waals surface area contributed by atoms with Gasteiger partial charge in [0, 0.05) is 6.42 Å². The van der Waals surface area contributed by atoms with Gasteiger partial charge in [-0.2, -0.15) is 0 Å². The molecule has 0 N–H and O–H groups in total. The highest BCUT2D eigenvalue weighted by molar-refractivity contribution is 6.03. The van der Waals surface area contributed by atoms with Gasteiger partial charge >= 0.3 is 11.9 Å². The van der Waals surface area contributed by atoms with Crippen molar-refractivity contribution >= 4 is 18.2 Å². The number of aldehydes is 1. The van der Waals surface area contributed by atoms with Crippen molar-refractivity contribution in [2.45, 2.75) is 50.2 Å². The number of esters is 2. The molecule has 0 aromatic heterocycles. The van der Waals surface area contributed by atoms with Crippen LogP contribution in [0.15, 0.2) is 0 Å². The van der Waals surface area contributed by atoms with Crippen molar-refractivity contribution in [3.63, 3.8) is 0 Å². The van der Waals surface area contributed by atoms with Gasteiger partial charge in [-0.25, -0.2) is 0 Å². The van der Waals surface area contributed by atoms with Crippen molar-refractivity contribution in [3.05, 3.63) is 0 Å². The lowest BCUT2D eigenvalue weighted by Crippen LogP contribution is -2.63. The summed E-state index contributed by atoms with van der Waals surface area (Å²) in [5.41, 5.74) is -3.41. The highest BCUT2D eigenvalue weighted by Crippen LogP contribution is 2.68. The van der Waals surface area contributed by atoms with E-state index in [4.69, 9.17) is 14.2 Å². The fraction of sp³-hybridized carbons (Fsp3) is 0.800. The van der Waals surface area contributed by atoms with E-state index in [9.17, 15) is 14.4 Å². The number of carbonyl (C=O) groups is 3. The van der Waals surface area contributed by atoms with Gasteiger partial charge in [0.25, 0.3) is 0 Å². The molecule has 21 heavy (non-hydrogen) atoms. The second kappa shape index (κ2) is 4.53. The molecule has 0 aromatic rings. The molecule has 2 aliphatic heterocycles. The maximum absolute atomic E-state index is 12.6. The number of fused-ring (bicyclic) bond motifs is 1. The first kappa shape index (κ1) is 14.5. The van der Waals surface area contributed by atoms with Crippen molar-refractivity contribution in [2.24, 2.45) is 10.8 Å². The third-order valence-electron chi connectivity index (χ3n) is 5.75. The minimum Gasteiger partial charge on any atom is -0.468 e. The van der Waals surface area contributed by atoms with Gasteiger partial charge in [-0.05, 0) is 32.1 Å². The third-order valence-corrected chi connectivity index (χ3v) is 5.75. The Labute approximate surface area is 123 Å². The molecule has 2 heterocycles. The van der Waals surface area contributed by atoms with Crippen LogP contribution >= 0.6 is 0 Å². The second-order valence-electron chi connectivity index (χ2n) is 6.33. The molecule has 0 aromatic carbocycles. The molecule has 116 valence electrons. The van der Waals surface area contributed by atoms with Gasteiger partial charge in [-0.3, -0.25) is 9.59 Å². The zero-order valence-corrected chi connectivity index (χ0v) is 12.3. The number of hydrogen-bond donors (Lipinski definition) is 0. The minimum absolute atomic E-state index is 0.200. The summed E-state index contributed by atoms with van der Waals surface area (Å²) in [5, 5.41) is 0. The monoisotopic (exact) mass is 296 g/mol. The zero-order chi connectivity index (χ0) is 15.3. The Hall–Kier alpha value is -1.43. The highest BCUT2D eigenvalue weighted by Gasteiger charge is 2.79. The van der Waals surface area contributed by atoms with Gasteiger partial charge in [0.1, 0.15) is 11.9 Å². The minimum atomic E-state index is -1.52. The Morgan fingerprint density at radius 1 is 1.14 bits per heavy atom. The van der Waals surface area contributed by atoms with E-state index in [1.54, 1.807) is 0 Å². The molecule has 1 saturated carbocycles. The maximum atomic E-state index is 12.6. The standard InChI is InChI=1S/C15H20O6/c1-19-11(17)14(12(18)20-2)8-10-4-7-13(9-16)5-3-6-15(13,14)21-10/h9-10H,3-8H2,1-2H3. The van der Waals surface area contributed by atoms with Crippen LogP contribution in [0.5, 0.6) is 0 Å². The van der Waals surface area contributed by atoms with Crippen molar-refractivity contribution in [1.82, 2.24) is 0 Å². The first-order valence-corrected chi connectivity index (χ1v) is 7.33. The summed E-state index contributed by atoms with van der Waals surface area (Å²) in [4.78, 5) is 37.0. The van der Waals surface area contributed by atoms with Gasteiger partial charge < -0.3 is 19.0 Å². The Morgan fingerprint density at radius 3 is 2.38 bits per heavy atom. The average Bonchev–Trinajstić information content (AvgIpc) is 3.04. The smallest absolute Gasteiger partial charge is 0.326 e. The van der Waals surface area contributed by atoms with Gasteiger partial charge in [-0.1, -0.05) is 0 Å². The molecule has 3 atom stereocenters. The number of rotatable bonds is 3. The lowest BCUT2D eigenvalue weighted by molar-refractivity contribution is -0.207. The molecule has 6 nitrogen and oxygen atoms in total. The molecule has 3 aliphatic rings. The Balaban J connectivity index is 2.22. The Morgan fingerprint density at radius 2 is 1.81 bits per heavy atom. The highest BCUT2D eigenvalue weighted by atomic mass is 16.6.